The molecule has 1 unspecified atom stereocenters. The zero-order chi connectivity index (χ0) is 15.0. The number of hydrogen-bond acceptors (Lipinski definition) is 4. The molecule has 1 fully saturated rings. The van der Waals surface area contributed by atoms with Crippen molar-refractivity contribution in [1.82, 2.24) is 10.6 Å². The summed E-state index contributed by atoms with van der Waals surface area (Å²) in [5.41, 5.74) is -1.18. The maximum Gasteiger partial charge on any atom is 0.329 e. The van der Waals surface area contributed by atoms with Gasteiger partial charge in [0.1, 0.15) is 5.54 Å². The molecule has 0 heterocycles. The van der Waals surface area contributed by atoms with E-state index < -0.39 is 17.5 Å². The van der Waals surface area contributed by atoms with Gasteiger partial charge in [-0.1, -0.05) is 0 Å². The molecular weight excluding hydrogens is 264 g/mol. The lowest BCUT2D eigenvalue weighted by molar-refractivity contribution is -0.144. The SMILES string of the molecule is COCCCOCCNC(=O)NC(C)(C(=O)O)C1CC1. The van der Waals surface area contributed by atoms with Crippen molar-refractivity contribution in [2.24, 2.45) is 5.92 Å². The smallest absolute Gasteiger partial charge is 0.329 e. The zero-order valence-corrected chi connectivity index (χ0v) is 12.1. The van der Waals surface area contributed by atoms with Crippen LogP contribution in [-0.2, 0) is 14.3 Å². The molecule has 3 N–H and O–H groups in total. The molecule has 1 atom stereocenters. The molecule has 1 rings (SSSR count). The van der Waals surface area contributed by atoms with E-state index in [1.165, 1.54) is 0 Å². The molecule has 2 amide bonds. The molecule has 0 aromatic heterocycles. The van der Waals surface area contributed by atoms with Crippen LogP contribution in [0.2, 0.25) is 0 Å². The fourth-order valence-corrected chi connectivity index (χ4v) is 1.91. The van der Waals surface area contributed by atoms with E-state index >= 15 is 0 Å². The van der Waals surface area contributed by atoms with Gasteiger partial charge in [-0.25, -0.2) is 9.59 Å². The van der Waals surface area contributed by atoms with Crippen LogP contribution in [0.3, 0.4) is 0 Å². The number of amides is 2. The standard InChI is InChI=1S/C13H24N2O5/c1-13(11(16)17,10-4-5-10)15-12(18)14-6-9-20-8-3-7-19-2/h10H,3-9H2,1-2H3,(H,16,17)(H2,14,15,18). The number of ether oxygens (including phenoxy) is 2. The van der Waals surface area contributed by atoms with Crippen LogP contribution in [0.1, 0.15) is 26.2 Å². The Labute approximate surface area is 119 Å². The summed E-state index contributed by atoms with van der Waals surface area (Å²) < 4.78 is 10.2. The number of carboxylic acid groups (broad SMARTS) is 1. The van der Waals surface area contributed by atoms with E-state index in [1.807, 2.05) is 0 Å². The molecule has 0 aromatic carbocycles. The van der Waals surface area contributed by atoms with Crippen molar-refractivity contribution < 1.29 is 24.2 Å². The van der Waals surface area contributed by atoms with Gasteiger partial charge in [0.05, 0.1) is 6.61 Å². The number of carboxylic acids is 1. The molecule has 0 bridgehead atoms. The second-order valence-corrected chi connectivity index (χ2v) is 5.12. The average Bonchev–Trinajstić information content (AvgIpc) is 3.21. The molecule has 116 valence electrons. The Hall–Kier alpha value is -1.34. The summed E-state index contributed by atoms with van der Waals surface area (Å²) in [7, 11) is 1.63. The van der Waals surface area contributed by atoms with Crippen molar-refractivity contribution in [3.05, 3.63) is 0 Å². The van der Waals surface area contributed by atoms with Gasteiger partial charge in [-0.2, -0.15) is 0 Å². The van der Waals surface area contributed by atoms with Gasteiger partial charge in [-0.05, 0) is 32.1 Å². The third-order valence-corrected chi connectivity index (χ3v) is 3.38. The summed E-state index contributed by atoms with van der Waals surface area (Å²) in [6.45, 7) is 3.51. The fraction of sp³-hybridized carbons (Fsp3) is 0.846. The summed E-state index contributed by atoms with van der Waals surface area (Å²) >= 11 is 0. The predicted octanol–water partition coefficient (Wildman–Crippen LogP) is 0.592. The number of hydrogen-bond donors (Lipinski definition) is 3. The van der Waals surface area contributed by atoms with Crippen molar-refractivity contribution >= 4 is 12.0 Å². The first kappa shape index (κ1) is 16.7. The highest BCUT2D eigenvalue weighted by molar-refractivity contribution is 5.86. The van der Waals surface area contributed by atoms with Gasteiger partial charge in [0.2, 0.25) is 0 Å². The van der Waals surface area contributed by atoms with Gasteiger partial charge in [-0.15, -0.1) is 0 Å². The Bertz CT molecular complexity index is 333. The molecule has 0 aliphatic heterocycles. The summed E-state index contributed by atoms with van der Waals surface area (Å²) in [6.07, 6.45) is 2.48. The van der Waals surface area contributed by atoms with Crippen molar-refractivity contribution in [1.29, 1.82) is 0 Å². The molecule has 1 aliphatic rings. The minimum atomic E-state index is -1.18. The fourth-order valence-electron chi connectivity index (χ4n) is 1.91. The number of urea groups is 1. The third-order valence-electron chi connectivity index (χ3n) is 3.38. The van der Waals surface area contributed by atoms with Crippen molar-refractivity contribution in [2.75, 3.05) is 33.5 Å². The molecule has 7 heteroatoms. The number of nitrogens with one attached hydrogen (secondary N) is 2. The van der Waals surface area contributed by atoms with E-state index in [0.717, 1.165) is 19.3 Å². The number of methoxy groups -OCH3 is 1. The molecule has 0 radical (unpaired) electrons. The van der Waals surface area contributed by atoms with Gasteiger partial charge in [0, 0.05) is 26.9 Å². The van der Waals surface area contributed by atoms with Crippen LogP contribution >= 0.6 is 0 Å². The molecule has 7 nitrogen and oxygen atoms in total. The monoisotopic (exact) mass is 288 g/mol. The van der Waals surface area contributed by atoms with Crippen LogP contribution < -0.4 is 10.6 Å². The van der Waals surface area contributed by atoms with Crippen molar-refractivity contribution in [2.45, 2.75) is 31.7 Å². The van der Waals surface area contributed by atoms with E-state index in [2.05, 4.69) is 10.6 Å². The van der Waals surface area contributed by atoms with E-state index in [4.69, 9.17) is 9.47 Å². The van der Waals surface area contributed by atoms with Crippen LogP contribution in [0.4, 0.5) is 4.79 Å². The Balaban J connectivity index is 2.15. The molecule has 0 spiro atoms. The summed E-state index contributed by atoms with van der Waals surface area (Å²) in [5.74, 6) is -0.970. The molecule has 20 heavy (non-hydrogen) atoms. The summed E-state index contributed by atoms with van der Waals surface area (Å²) in [4.78, 5) is 22.9. The van der Waals surface area contributed by atoms with Gasteiger partial charge in [-0.3, -0.25) is 0 Å². The summed E-state index contributed by atoms with van der Waals surface area (Å²) in [6, 6.07) is -0.470. The van der Waals surface area contributed by atoms with E-state index in [0.29, 0.717) is 26.4 Å². The predicted molar refractivity (Wildman–Crippen MR) is 72.6 cm³/mol. The first-order chi connectivity index (χ1) is 9.50. The zero-order valence-electron chi connectivity index (χ0n) is 12.1. The third kappa shape index (κ3) is 5.34. The summed E-state index contributed by atoms with van der Waals surface area (Å²) in [5, 5.41) is 14.3. The molecule has 0 aromatic rings. The van der Waals surface area contributed by atoms with Crippen LogP contribution in [0.15, 0.2) is 0 Å². The van der Waals surface area contributed by atoms with E-state index in [-0.39, 0.29) is 5.92 Å². The van der Waals surface area contributed by atoms with Gasteiger partial charge >= 0.3 is 12.0 Å². The molecular formula is C13H24N2O5. The maximum atomic E-state index is 11.7. The van der Waals surface area contributed by atoms with Crippen molar-refractivity contribution in [3.63, 3.8) is 0 Å². The minimum absolute atomic E-state index is 0.0241. The second kappa shape index (κ2) is 8.06. The lowest BCUT2D eigenvalue weighted by Crippen LogP contribution is -2.57. The maximum absolute atomic E-state index is 11.7. The highest BCUT2D eigenvalue weighted by Crippen LogP contribution is 2.39. The quantitative estimate of drug-likeness (QED) is 0.511. The Morgan fingerprint density at radius 2 is 2.00 bits per heavy atom. The van der Waals surface area contributed by atoms with Gasteiger partial charge in [0.25, 0.3) is 0 Å². The Kier molecular flexibility index (Phi) is 6.74. The highest BCUT2D eigenvalue weighted by Gasteiger charge is 2.48. The lowest BCUT2D eigenvalue weighted by Gasteiger charge is -2.26. The van der Waals surface area contributed by atoms with Crippen molar-refractivity contribution in [3.8, 4) is 0 Å². The van der Waals surface area contributed by atoms with E-state index in [1.54, 1.807) is 14.0 Å². The molecule has 1 saturated carbocycles. The van der Waals surface area contributed by atoms with Crippen LogP contribution in [-0.4, -0.2) is 56.1 Å². The van der Waals surface area contributed by atoms with Crippen LogP contribution in [0.5, 0.6) is 0 Å². The first-order valence-corrected chi connectivity index (χ1v) is 6.86. The second-order valence-electron chi connectivity index (χ2n) is 5.12. The molecule has 0 saturated heterocycles. The van der Waals surface area contributed by atoms with Crippen LogP contribution in [0, 0.1) is 5.92 Å². The Morgan fingerprint density at radius 1 is 1.30 bits per heavy atom. The highest BCUT2D eigenvalue weighted by atomic mass is 16.5. The average molecular weight is 288 g/mol. The number of carbonyl (C=O) groups excluding carboxylic acids is 1. The topological polar surface area (TPSA) is 96.9 Å². The normalized spacial score (nSPS) is 17.3. The van der Waals surface area contributed by atoms with Gasteiger partial charge in [0.15, 0.2) is 0 Å². The first-order valence-electron chi connectivity index (χ1n) is 6.86. The van der Waals surface area contributed by atoms with Crippen LogP contribution in [0.25, 0.3) is 0 Å². The lowest BCUT2D eigenvalue weighted by atomic mass is 9.96. The molecule has 1 aliphatic carbocycles. The largest absolute Gasteiger partial charge is 0.480 e. The van der Waals surface area contributed by atoms with Gasteiger partial charge < -0.3 is 25.2 Å². The Morgan fingerprint density at radius 3 is 2.55 bits per heavy atom. The number of carbonyl (C=O) groups is 2. The number of rotatable bonds is 10. The minimum Gasteiger partial charge on any atom is -0.480 e. The number of aliphatic carboxylic acids is 1. The van der Waals surface area contributed by atoms with E-state index in [9.17, 15) is 14.7 Å².